The lowest BCUT2D eigenvalue weighted by Gasteiger charge is -2.34. The largest absolute Gasteiger partial charge is 0.497 e. The smallest absolute Gasteiger partial charge is 0.227 e. The Morgan fingerprint density at radius 3 is 2.38 bits per heavy atom. The van der Waals surface area contributed by atoms with Crippen molar-refractivity contribution in [1.29, 1.82) is 0 Å². The van der Waals surface area contributed by atoms with Crippen LogP contribution in [0.1, 0.15) is 11.4 Å². The topological polar surface area (TPSA) is 70.7 Å². The Balaban J connectivity index is 1.30. The summed E-state index contributed by atoms with van der Waals surface area (Å²) < 4.78 is 10.4. The Morgan fingerprint density at radius 2 is 1.69 bits per heavy atom. The highest BCUT2D eigenvalue weighted by atomic mass is 16.5. The Morgan fingerprint density at radius 1 is 1.00 bits per heavy atom. The second kappa shape index (κ2) is 8.53. The van der Waals surface area contributed by atoms with Crippen LogP contribution in [0, 0.1) is 0 Å². The number of amides is 1. The van der Waals surface area contributed by atoms with Gasteiger partial charge in [0, 0.05) is 32.2 Å². The third kappa shape index (κ3) is 4.51. The number of aromatic amines is 1. The van der Waals surface area contributed by atoms with Gasteiger partial charge >= 0.3 is 0 Å². The number of fused-ring (bicyclic) bond motifs is 1. The minimum absolute atomic E-state index is 0.172. The molecule has 7 nitrogen and oxygen atoms in total. The Kier molecular flexibility index (Phi) is 5.67. The molecule has 1 N–H and O–H groups in total. The molecule has 0 bridgehead atoms. The van der Waals surface area contributed by atoms with E-state index in [4.69, 9.17) is 9.47 Å². The molecular formula is C22H26N4O3. The van der Waals surface area contributed by atoms with Crippen LogP contribution < -0.4 is 9.47 Å². The third-order valence-electron chi connectivity index (χ3n) is 5.35. The normalized spacial score (nSPS) is 14.9. The SMILES string of the molecule is COc1ccc(CC(=O)N2CCN(Cc3nc4ccc(OC)cc4[nH]3)CC2)cc1. The predicted octanol–water partition coefficient (Wildman–Crippen LogP) is 2.47. The van der Waals surface area contributed by atoms with Crippen molar-refractivity contribution in [3.05, 3.63) is 53.9 Å². The summed E-state index contributed by atoms with van der Waals surface area (Å²) in [5.74, 6) is 2.73. The second-order valence-electron chi connectivity index (χ2n) is 7.25. The molecule has 0 unspecified atom stereocenters. The van der Waals surface area contributed by atoms with Crippen LogP contribution >= 0.6 is 0 Å². The molecule has 3 aromatic rings. The third-order valence-corrected chi connectivity index (χ3v) is 5.35. The summed E-state index contributed by atoms with van der Waals surface area (Å²) >= 11 is 0. The molecule has 29 heavy (non-hydrogen) atoms. The monoisotopic (exact) mass is 394 g/mol. The van der Waals surface area contributed by atoms with Crippen LogP contribution in [-0.4, -0.2) is 66.1 Å². The molecule has 2 aromatic carbocycles. The number of rotatable bonds is 6. The van der Waals surface area contributed by atoms with Crippen LogP contribution in [0.3, 0.4) is 0 Å². The maximum atomic E-state index is 12.6. The summed E-state index contributed by atoms with van der Waals surface area (Å²) in [7, 11) is 3.30. The van der Waals surface area contributed by atoms with Crippen LogP contribution in [0.5, 0.6) is 11.5 Å². The second-order valence-corrected chi connectivity index (χ2v) is 7.25. The number of ether oxygens (including phenoxy) is 2. The Hall–Kier alpha value is -3.06. The maximum absolute atomic E-state index is 12.6. The van der Waals surface area contributed by atoms with E-state index < -0.39 is 0 Å². The fourth-order valence-electron chi connectivity index (χ4n) is 3.64. The number of benzene rings is 2. The highest BCUT2D eigenvalue weighted by Crippen LogP contribution is 2.19. The maximum Gasteiger partial charge on any atom is 0.227 e. The summed E-state index contributed by atoms with van der Waals surface area (Å²) in [4.78, 5) is 24.9. The number of piperazine rings is 1. The van der Waals surface area contributed by atoms with Gasteiger partial charge in [-0.3, -0.25) is 9.69 Å². The summed E-state index contributed by atoms with van der Waals surface area (Å²) in [5.41, 5.74) is 2.93. The molecule has 0 spiro atoms. The van der Waals surface area contributed by atoms with Gasteiger partial charge in [0.25, 0.3) is 0 Å². The number of nitrogens with zero attached hydrogens (tertiary/aromatic N) is 3. The van der Waals surface area contributed by atoms with Gasteiger partial charge in [-0.05, 0) is 29.8 Å². The number of aromatic nitrogens is 2. The number of H-pyrrole nitrogens is 1. The van der Waals surface area contributed by atoms with Crippen LogP contribution in [-0.2, 0) is 17.8 Å². The zero-order valence-corrected chi connectivity index (χ0v) is 16.9. The van der Waals surface area contributed by atoms with Gasteiger partial charge in [-0.15, -0.1) is 0 Å². The molecule has 1 saturated heterocycles. The number of hydrogen-bond acceptors (Lipinski definition) is 5. The van der Waals surface area contributed by atoms with E-state index in [9.17, 15) is 4.79 Å². The Bertz CT molecular complexity index is 975. The van der Waals surface area contributed by atoms with Crippen LogP contribution in [0.25, 0.3) is 11.0 Å². The molecule has 0 radical (unpaired) electrons. The van der Waals surface area contributed by atoms with Gasteiger partial charge in [0.15, 0.2) is 0 Å². The first-order valence-electron chi connectivity index (χ1n) is 9.80. The van der Waals surface area contributed by atoms with Gasteiger partial charge in [-0.25, -0.2) is 4.98 Å². The van der Waals surface area contributed by atoms with E-state index in [0.29, 0.717) is 6.42 Å². The van der Waals surface area contributed by atoms with Gasteiger partial charge in [0.2, 0.25) is 5.91 Å². The lowest BCUT2D eigenvalue weighted by Crippen LogP contribution is -2.48. The van der Waals surface area contributed by atoms with Crippen molar-refractivity contribution in [2.75, 3.05) is 40.4 Å². The molecule has 1 aliphatic heterocycles. The molecule has 2 heterocycles. The first-order chi connectivity index (χ1) is 14.1. The summed E-state index contributed by atoms with van der Waals surface area (Å²) in [6.07, 6.45) is 0.426. The number of hydrogen-bond donors (Lipinski definition) is 1. The van der Waals surface area contributed by atoms with E-state index in [1.165, 1.54) is 0 Å². The summed E-state index contributed by atoms with van der Waals surface area (Å²) in [6, 6.07) is 13.5. The number of carbonyl (C=O) groups is 1. The summed E-state index contributed by atoms with van der Waals surface area (Å²) in [6.45, 7) is 3.91. The first-order valence-corrected chi connectivity index (χ1v) is 9.80. The van der Waals surface area contributed by atoms with Crippen molar-refractivity contribution in [1.82, 2.24) is 19.8 Å². The molecule has 1 amide bonds. The molecule has 0 atom stereocenters. The van der Waals surface area contributed by atoms with E-state index in [1.54, 1.807) is 14.2 Å². The van der Waals surface area contributed by atoms with Crippen molar-refractivity contribution in [2.45, 2.75) is 13.0 Å². The van der Waals surface area contributed by atoms with Crippen molar-refractivity contribution in [2.24, 2.45) is 0 Å². The van der Waals surface area contributed by atoms with Crippen molar-refractivity contribution >= 4 is 16.9 Å². The van der Waals surface area contributed by atoms with E-state index in [2.05, 4.69) is 14.9 Å². The molecule has 1 fully saturated rings. The first kappa shape index (κ1) is 19.3. The van der Waals surface area contributed by atoms with Gasteiger partial charge in [-0.2, -0.15) is 0 Å². The van der Waals surface area contributed by atoms with Gasteiger partial charge in [0.1, 0.15) is 17.3 Å². The predicted molar refractivity (Wildman–Crippen MR) is 111 cm³/mol. The van der Waals surface area contributed by atoms with Crippen molar-refractivity contribution in [3.8, 4) is 11.5 Å². The Labute approximate surface area is 170 Å². The number of nitrogens with one attached hydrogen (secondary N) is 1. The quantitative estimate of drug-likeness (QED) is 0.696. The minimum Gasteiger partial charge on any atom is -0.497 e. The molecular weight excluding hydrogens is 368 g/mol. The molecule has 152 valence electrons. The van der Waals surface area contributed by atoms with Crippen molar-refractivity contribution < 1.29 is 14.3 Å². The lowest BCUT2D eigenvalue weighted by atomic mass is 10.1. The fraction of sp³-hybridized carbons (Fsp3) is 0.364. The zero-order valence-electron chi connectivity index (χ0n) is 16.9. The lowest BCUT2D eigenvalue weighted by molar-refractivity contribution is -0.132. The zero-order chi connectivity index (χ0) is 20.2. The van der Waals surface area contributed by atoms with Crippen LogP contribution in [0.2, 0.25) is 0 Å². The molecule has 1 aromatic heterocycles. The summed E-state index contributed by atoms with van der Waals surface area (Å²) in [5, 5.41) is 0. The van der Waals surface area contributed by atoms with Crippen LogP contribution in [0.15, 0.2) is 42.5 Å². The molecule has 0 saturated carbocycles. The molecule has 4 rings (SSSR count). The van der Waals surface area contributed by atoms with E-state index in [-0.39, 0.29) is 5.91 Å². The highest BCUT2D eigenvalue weighted by Gasteiger charge is 2.22. The number of carbonyl (C=O) groups excluding carboxylic acids is 1. The van der Waals surface area contributed by atoms with E-state index >= 15 is 0 Å². The van der Waals surface area contributed by atoms with Crippen LogP contribution in [0.4, 0.5) is 0 Å². The van der Waals surface area contributed by atoms with E-state index in [0.717, 1.165) is 66.6 Å². The van der Waals surface area contributed by atoms with Gasteiger partial charge in [-0.1, -0.05) is 12.1 Å². The van der Waals surface area contributed by atoms with Gasteiger partial charge < -0.3 is 19.4 Å². The average molecular weight is 394 g/mol. The fourth-order valence-corrected chi connectivity index (χ4v) is 3.64. The van der Waals surface area contributed by atoms with Gasteiger partial charge in [0.05, 0.1) is 38.2 Å². The average Bonchev–Trinajstić information content (AvgIpc) is 3.16. The minimum atomic E-state index is 0.172. The molecule has 1 aliphatic rings. The standard InChI is InChI=1S/C22H26N4O3/c1-28-17-5-3-16(4-6-17)13-22(27)26-11-9-25(10-12-26)15-21-23-19-8-7-18(29-2)14-20(19)24-21/h3-8,14H,9-13,15H2,1-2H3,(H,23,24). The molecule has 0 aliphatic carbocycles. The number of methoxy groups -OCH3 is 2. The van der Waals surface area contributed by atoms with E-state index in [1.807, 2.05) is 47.4 Å². The van der Waals surface area contributed by atoms with Crippen molar-refractivity contribution in [3.63, 3.8) is 0 Å². The highest BCUT2D eigenvalue weighted by molar-refractivity contribution is 5.79. The number of imidazole rings is 1. The molecule has 7 heteroatoms.